The lowest BCUT2D eigenvalue weighted by Gasteiger charge is -2.45. The molecule has 0 unspecified atom stereocenters. The zero-order valence-corrected chi connectivity index (χ0v) is 25.6. The average molecular weight is 582 g/mol. The van der Waals surface area contributed by atoms with Crippen LogP contribution in [-0.4, -0.2) is 61.0 Å². The monoisotopic (exact) mass is 581 g/mol. The number of fused-ring (bicyclic) bond motifs is 4. The second kappa shape index (κ2) is 12.8. The lowest BCUT2D eigenvalue weighted by Crippen LogP contribution is -2.50. The van der Waals surface area contributed by atoms with Gasteiger partial charge in [0.05, 0.1) is 25.2 Å². The lowest BCUT2D eigenvalue weighted by molar-refractivity contribution is -0.124. The molecule has 226 valence electrons. The molecule has 3 heterocycles. The van der Waals surface area contributed by atoms with Crippen molar-refractivity contribution in [2.45, 2.75) is 58.5 Å². The summed E-state index contributed by atoms with van der Waals surface area (Å²) < 4.78 is 11.9. The molecule has 7 nitrogen and oxygen atoms in total. The molecule has 6 rings (SSSR count). The van der Waals surface area contributed by atoms with E-state index >= 15 is 0 Å². The fraction of sp³-hybridized carbons (Fsp3) is 0.444. The maximum atomic E-state index is 14.2. The molecule has 7 heteroatoms. The van der Waals surface area contributed by atoms with Gasteiger partial charge in [-0.15, -0.1) is 0 Å². The van der Waals surface area contributed by atoms with Crippen LogP contribution < -0.4 is 14.8 Å². The third kappa shape index (κ3) is 6.00. The summed E-state index contributed by atoms with van der Waals surface area (Å²) >= 11 is 0. The molecule has 0 aromatic heterocycles. The van der Waals surface area contributed by atoms with Crippen molar-refractivity contribution in [3.63, 3.8) is 0 Å². The summed E-state index contributed by atoms with van der Waals surface area (Å²) in [6.45, 7) is 11.3. The molecular formula is C36H43N3O4. The Labute approximate surface area is 255 Å². The number of aryl methyl sites for hydroxylation is 1. The number of rotatable bonds is 9. The minimum absolute atomic E-state index is 0.0110. The molecule has 3 aromatic carbocycles. The lowest BCUT2D eigenvalue weighted by atomic mass is 9.75. The highest BCUT2D eigenvalue weighted by Gasteiger charge is 2.46. The standard InChI is InChI=1S/C36H43N3O4/c1-4-42-31-20-27-15-18-39-34(30(27)21-32(31)43-5-2)33(28-11-6-7-12-29(28)36(39)41)35(40)37-22-25-13-16-38(17-14-25)23-26-10-8-9-24(3)19-26/h6-12,19-21,25,33-34H,4-5,13-18,22-23H2,1-3H3,(H,37,40)/t33-,34-/m1/s1. The summed E-state index contributed by atoms with van der Waals surface area (Å²) in [6.07, 6.45) is 2.83. The van der Waals surface area contributed by atoms with E-state index in [0.29, 0.717) is 55.7 Å². The summed E-state index contributed by atoms with van der Waals surface area (Å²) in [7, 11) is 0. The zero-order valence-electron chi connectivity index (χ0n) is 25.6. The van der Waals surface area contributed by atoms with Crippen molar-refractivity contribution in [1.82, 2.24) is 15.1 Å². The molecule has 3 aliphatic rings. The number of hydrogen-bond acceptors (Lipinski definition) is 5. The van der Waals surface area contributed by atoms with Crippen molar-refractivity contribution >= 4 is 11.8 Å². The number of nitrogens with one attached hydrogen (secondary N) is 1. The van der Waals surface area contributed by atoms with E-state index in [9.17, 15) is 9.59 Å². The number of carbonyl (C=O) groups is 2. The van der Waals surface area contributed by atoms with Gasteiger partial charge in [-0.2, -0.15) is 0 Å². The van der Waals surface area contributed by atoms with Gasteiger partial charge in [0.2, 0.25) is 5.91 Å². The molecule has 43 heavy (non-hydrogen) atoms. The Morgan fingerprint density at radius 1 is 0.907 bits per heavy atom. The van der Waals surface area contributed by atoms with Crippen LogP contribution in [0.3, 0.4) is 0 Å². The van der Waals surface area contributed by atoms with Crippen LogP contribution >= 0.6 is 0 Å². The summed E-state index contributed by atoms with van der Waals surface area (Å²) in [6, 6.07) is 20.0. The first-order valence-electron chi connectivity index (χ1n) is 15.8. The number of piperidine rings is 1. The third-order valence-corrected chi connectivity index (χ3v) is 9.23. The molecule has 1 N–H and O–H groups in total. The molecule has 2 amide bonds. The van der Waals surface area contributed by atoms with Crippen LogP contribution in [0, 0.1) is 12.8 Å². The topological polar surface area (TPSA) is 71.1 Å². The minimum Gasteiger partial charge on any atom is -0.490 e. The molecule has 3 aromatic rings. The number of carbonyl (C=O) groups excluding carboxylic acids is 2. The van der Waals surface area contributed by atoms with Crippen LogP contribution in [0.5, 0.6) is 11.5 Å². The van der Waals surface area contributed by atoms with Gasteiger partial charge in [0, 0.05) is 25.2 Å². The first-order chi connectivity index (χ1) is 21.0. The van der Waals surface area contributed by atoms with Crippen LogP contribution in [-0.2, 0) is 17.8 Å². The first kappa shape index (κ1) is 29.2. The quantitative estimate of drug-likeness (QED) is 0.353. The van der Waals surface area contributed by atoms with Crippen molar-refractivity contribution < 1.29 is 19.1 Å². The average Bonchev–Trinajstić information content (AvgIpc) is 3.01. The smallest absolute Gasteiger partial charge is 0.254 e. The van der Waals surface area contributed by atoms with E-state index in [1.807, 2.05) is 55.1 Å². The van der Waals surface area contributed by atoms with Crippen molar-refractivity contribution in [1.29, 1.82) is 0 Å². The Morgan fingerprint density at radius 3 is 2.40 bits per heavy atom. The number of benzene rings is 3. The van der Waals surface area contributed by atoms with E-state index in [2.05, 4.69) is 41.4 Å². The molecule has 0 radical (unpaired) electrons. The predicted molar refractivity (Wildman–Crippen MR) is 168 cm³/mol. The fourth-order valence-electron chi connectivity index (χ4n) is 7.13. The summed E-state index contributed by atoms with van der Waals surface area (Å²) in [5, 5.41) is 3.33. The van der Waals surface area contributed by atoms with Gasteiger partial charge in [0.1, 0.15) is 0 Å². The van der Waals surface area contributed by atoms with Crippen LogP contribution in [0.2, 0.25) is 0 Å². The Kier molecular flexibility index (Phi) is 8.70. The van der Waals surface area contributed by atoms with Gasteiger partial charge in [-0.3, -0.25) is 14.5 Å². The van der Waals surface area contributed by atoms with Gasteiger partial charge in [0.15, 0.2) is 11.5 Å². The second-order valence-electron chi connectivity index (χ2n) is 12.1. The van der Waals surface area contributed by atoms with Gasteiger partial charge < -0.3 is 19.7 Å². The maximum absolute atomic E-state index is 14.2. The summed E-state index contributed by atoms with van der Waals surface area (Å²) in [5.41, 5.74) is 6.17. The predicted octanol–water partition coefficient (Wildman–Crippen LogP) is 5.66. The third-order valence-electron chi connectivity index (χ3n) is 9.23. The summed E-state index contributed by atoms with van der Waals surface area (Å²) in [5.74, 6) is 1.29. The number of amides is 2. The van der Waals surface area contributed by atoms with E-state index in [-0.39, 0.29) is 11.8 Å². The molecule has 0 spiro atoms. The van der Waals surface area contributed by atoms with Crippen LogP contribution in [0.1, 0.15) is 76.8 Å². The van der Waals surface area contributed by atoms with E-state index < -0.39 is 12.0 Å². The Morgan fingerprint density at radius 2 is 1.65 bits per heavy atom. The van der Waals surface area contributed by atoms with Gasteiger partial charge in [-0.25, -0.2) is 0 Å². The zero-order chi connectivity index (χ0) is 29.9. The fourth-order valence-corrected chi connectivity index (χ4v) is 7.13. The van der Waals surface area contributed by atoms with Crippen LogP contribution in [0.15, 0.2) is 60.7 Å². The van der Waals surface area contributed by atoms with Gasteiger partial charge in [-0.1, -0.05) is 48.0 Å². The van der Waals surface area contributed by atoms with Crippen LogP contribution in [0.4, 0.5) is 0 Å². The maximum Gasteiger partial charge on any atom is 0.254 e. The highest BCUT2D eigenvalue weighted by Crippen LogP contribution is 2.48. The number of likely N-dealkylation sites (tertiary alicyclic amines) is 1. The number of ether oxygens (including phenoxy) is 2. The molecule has 1 fully saturated rings. The molecule has 0 saturated carbocycles. The molecule has 3 aliphatic heterocycles. The van der Waals surface area contributed by atoms with E-state index in [1.54, 1.807) is 0 Å². The second-order valence-corrected chi connectivity index (χ2v) is 12.1. The molecule has 0 bridgehead atoms. The highest BCUT2D eigenvalue weighted by atomic mass is 16.5. The minimum atomic E-state index is -0.498. The van der Waals surface area contributed by atoms with Crippen molar-refractivity contribution in [3.05, 3.63) is 94.0 Å². The normalized spacial score (nSPS) is 20.2. The Bertz CT molecular complexity index is 1480. The van der Waals surface area contributed by atoms with E-state index in [4.69, 9.17) is 9.47 Å². The van der Waals surface area contributed by atoms with E-state index in [0.717, 1.165) is 49.2 Å². The van der Waals surface area contributed by atoms with Crippen molar-refractivity contribution in [3.8, 4) is 11.5 Å². The molecular weight excluding hydrogens is 538 g/mol. The largest absolute Gasteiger partial charge is 0.490 e. The van der Waals surface area contributed by atoms with Gasteiger partial charge >= 0.3 is 0 Å². The molecule has 0 aliphatic carbocycles. The Hall–Kier alpha value is -3.84. The van der Waals surface area contributed by atoms with Crippen molar-refractivity contribution in [2.24, 2.45) is 5.92 Å². The van der Waals surface area contributed by atoms with Crippen LogP contribution in [0.25, 0.3) is 0 Å². The van der Waals surface area contributed by atoms with Gasteiger partial charge in [-0.05, 0) is 99.5 Å². The molecule has 2 atom stereocenters. The number of hydrogen-bond donors (Lipinski definition) is 1. The number of nitrogens with zero attached hydrogens (tertiary/aromatic N) is 2. The SMILES string of the molecule is CCOc1cc2c(cc1OCC)[C@@H]1[C@H](C(=O)NCC3CCN(Cc4cccc(C)c4)CC3)c3ccccc3C(=O)N1CC2. The summed E-state index contributed by atoms with van der Waals surface area (Å²) in [4.78, 5) is 32.3. The molecule has 1 saturated heterocycles. The first-order valence-corrected chi connectivity index (χ1v) is 15.8. The highest BCUT2D eigenvalue weighted by molar-refractivity contribution is 6.01. The van der Waals surface area contributed by atoms with E-state index in [1.165, 1.54) is 11.1 Å². The van der Waals surface area contributed by atoms with Gasteiger partial charge in [0.25, 0.3) is 5.91 Å². The van der Waals surface area contributed by atoms with Crippen molar-refractivity contribution in [2.75, 3.05) is 39.4 Å². The Balaban J connectivity index is 1.21.